The molecule has 0 aliphatic heterocycles. The first-order valence-corrected chi connectivity index (χ1v) is 4.17. The van der Waals surface area contributed by atoms with Gasteiger partial charge in [-0.05, 0) is 20.2 Å². The van der Waals surface area contributed by atoms with Gasteiger partial charge in [-0.1, -0.05) is 11.5 Å². The Morgan fingerprint density at radius 1 is 1.46 bits per heavy atom. The molecule has 1 aromatic heterocycles. The molecule has 13 heavy (non-hydrogen) atoms. The first kappa shape index (κ1) is 10.1. The zero-order valence-corrected chi connectivity index (χ0v) is 8.03. The minimum Gasteiger partial charge on any atom is -0.476 e. The summed E-state index contributed by atoms with van der Waals surface area (Å²) >= 11 is 0. The number of hydrogen-bond acceptors (Lipinski definition) is 3. The molecule has 4 heteroatoms. The Balaban J connectivity index is 2.33. The standard InChI is InChI=1S/C9H13BN2O/c1-12(2)5-6-13-9-4-3-8(10)7-11-9/h3-4,7H,5-6H2,1-2H3. The van der Waals surface area contributed by atoms with Crippen molar-refractivity contribution in [2.75, 3.05) is 27.2 Å². The van der Waals surface area contributed by atoms with Crippen molar-refractivity contribution in [1.29, 1.82) is 0 Å². The number of nitrogens with zero attached hydrogens (tertiary/aromatic N) is 2. The number of rotatable bonds is 4. The zero-order chi connectivity index (χ0) is 9.68. The average Bonchev–Trinajstić information content (AvgIpc) is 2.08. The summed E-state index contributed by atoms with van der Waals surface area (Å²) in [5.74, 6) is 0.621. The van der Waals surface area contributed by atoms with E-state index < -0.39 is 0 Å². The molecule has 0 aliphatic rings. The van der Waals surface area contributed by atoms with Crippen LogP contribution in [0.25, 0.3) is 0 Å². The summed E-state index contributed by atoms with van der Waals surface area (Å²) in [7, 11) is 9.48. The maximum absolute atomic E-state index is 5.48. The monoisotopic (exact) mass is 176 g/mol. The third-order valence-corrected chi connectivity index (χ3v) is 1.55. The molecule has 0 spiro atoms. The van der Waals surface area contributed by atoms with Gasteiger partial charge in [0.1, 0.15) is 14.5 Å². The van der Waals surface area contributed by atoms with Gasteiger partial charge in [0.25, 0.3) is 0 Å². The third kappa shape index (κ3) is 3.94. The molecule has 2 radical (unpaired) electrons. The van der Waals surface area contributed by atoms with Crippen LogP contribution >= 0.6 is 0 Å². The summed E-state index contributed by atoms with van der Waals surface area (Å²) in [6.45, 7) is 1.52. The van der Waals surface area contributed by atoms with Crippen LogP contribution in [0.1, 0.15) is 0 Å². The number of aromatic nitrogens is 1. The van der Waals surface area contributed by atoms with Crippen molar-refractivity contribution in [1.82, 2.24) is 9.88 Å². The van der Waals surface area contributed by atoms with Crippen LogP contribution < -0.4 is 10.2 Å². The van der Waals surface area contributed by atoms with Gasteiger partial charge in [-0.2, -0.15) is 0 Å². The molecule has 0 N–H and O–H groups in total. The summed E-state index contributed by atoms with van der Waals surface area (Å²) in [5.41, 5.74) is 0.653. The van der Waals surface area contributed by atoms with Gasteiger partial charge in [0.05, 0.1) is 0 Å². The van der Waals surface area contributed by atoms with E-state index in [1.54, 1.807) is 18.3 Å². The van der Waals surface area contributed by atoms with Gasteiger partial charge in [0.2, 0.25) is 5.88 Å². The topological polar surface area (TPSA) is 25.4 Å². The Bertz CT molecular complexity index is 248. The number of likely N-dealkylation sites (N-methyl/N-ethyl adjacent to an activating group) is 1. The quantitative estimate of drug-likeness (QED) is 0.595. The molecule has 1 aromatic rings. The minimum atomic E-state index is 0.621. The lowest BCUT2D eigenvalue weighted by atomic mass is 9.99. The van der Waals surface area contributed by atoms with E-state index in [2.05, 4.69) is 9.88 Å². The van der Waals surface area contributed by atoms with Crippen LogP contribution in [0.2, 0.25) is 0 Å². The van der Waals surface area contributed by atoms with E-state index >= 15 is 0 Å². The molecular formula is C9H13BN2O. The molecule has 0 aromatic carbocycles. The first-order chi connectivity index (χ1) is 6.18. The molecule has 0 saturated carbocycles. The second kappa shape index (κ2) is 4.87. The highest BCUT2D eigenvalue weighted by Gasteiger charge is 1.94. The van der Waals surface area contributed by atoms with Crippen LogP contribution in [-0.2, 0) is 0 Å². The second-order valence-electron chi connectivity index (χ2n) is 3.08. The van der Waals surface area contributed by atoms with Crippen molar-refractivity contribution < 1.29 is 4.74 Å². The molecule has 0 aliphatic carbocycles. The van der Waals surface area contributed by atoms with Crippen LogP contribution in [0.3, 0.4) is 0 Å². The fourth-order valence-corrected chi connectivity index (χ4v) is 0.810. The molecule has 0 unspecified atom stereocenters. The molecule has 1 heterocycles. The Morgan fingerprint density at radius 2 is 2.23 bits per heavy atom. The Morgan fingerprint density at radius 3 is 2.77 bits per heavy atom. The Labute approximate surface area is 80.1 Å². The molecule has 0 saturated heterocycles. The largest absolute Gasteiger partial charge is 0.476 e. The van der Waals surface area contributed by atoms with Crippen LogP contribution in [0, 0.1) is 0 Å². The van der Waals surface area contributed by atoms with Crippen molar-refractivity contribution >= 4 is 13.3 Å². The lowest BCUT2D eigenvalue weighted by Crippen LogP contribution is -2.19. The van der Waals surface area contributed by atoms with Crippen molar-refractivity contribution in [2.45, 2.75) is 0 Å². The Kier molecular flexibility index (Phi) is 3.77. The van der Waals surface area contributed by atoms with Gasteiger partial charge in [0, 0.05) is 12.7 Å². The minimum absolute atomic E-state index is 0.621. The highest BCUT2D eigenvalue weighted by Crippen LogP contribution is 2.01. The van der Waals surface area contributed by atoms with Gasteiger partial charge >= 0.3 is 0 Å². The van der Waals surface area contributed by atoms with Crippen molar-refractivity contribution in [3.63, 3.8) is 0 Å². The third-order valence-electron chi connectivity index (χ3n) is 1.55. The lowest BCUT2D eigenvalue weighted by Gasteiger charge is -2.10. The predicted molar refractivity (Wildman–Crippen MR) is 53.7 cm³/mol. The summed E-state index contributed by atoms with van der Waals surface area (Å²) < 4.78 is 5.36. The summed E-state index contributed by atoms with van der Waals surface area (Å²) in [5, 5.41) is 0. The van der Waals surface area contributed by atoms with Crippen LogP contribution in [0.5, 0.6) is 5.88 Å². The van der Waals surface area contributed by atoms with E-state index in [1.807, 2.05) is 14.1 Å². The van der Waals surface area contributed by atoms with Gasteiger partial charge < -0.3 is 9.64 Å². The molecule has 0 atom stereocenters. The molecule has 68 valence electrons. The zero-order valence-electron chi connectivity index (χ0n) is 8.03. The van der Waals surface area contributed by atoms with Crippen molar-refractivity contribution in [3.8, 4) is 5.88 Å². The molecule has 3 nitrogen and oxygen atoms in total. The fourth-order valence-electron chi connectivity index (χ4n) is 0.810. The SMILES string of the molecule is [B]c1ccc(OCCN(C)C)nc1. The van der Waals surface area contributed by atoms with E-state index in [-0.39, 0.29) is 0 Å². The van der Waals surface area contributed by atoms with Crippen LogP contribution in [0.4, 0.5) is 0 Å². The molecule has 0 fully saturated rings. The van der Waals surface area contributed by atoms with Gasteiger partial charge in [-0.15, -0.1) is 0 Å². The van der Waals surface area contributed by atoms with Gasteiger partial charge in [0.15, 0.2) is 0 Å². The van der Waals surface area contributed by atoms with Crippen molar-refractivity contribution in [3.05, 3.63) is 18.3 Å². The number of pyridine rings is 1. The summed E-state index contributed by atoms with van der Waals surface area (Å²) in [6.07, 6.45) is 1.59. The summed E-state index contributed by atoms with van der Waals surface area (Å²) in [4.78, 5) is 6.06. The molecular weight excluding hydrogens is 163 g/mol. The van der Waals surface area contributed by atoms with E-state index in [0.29, 0.717) is 17.9 Å². The number of hydrogen-bond donors (Lipinski definition) is 0. The van der Waals surface area contributed by atoms with Crippen LogP contribution in [0.15, 0.2) is 18.3 Å². The van der Waals surface area contributed by atoms with Gasteiger partial charge in [-0.3, -0.25) is 0 Å². The maximum atomic E-state index is 5.48. The predicted octanol–water partition coefficient (Wildman–Crippen LogP) is -0.184. The van der Waals surface area contributed by atoms with E-state index in [1.165, 1.54) is 0 Å². The first-order valence-electron chi connectivity index (χ1n) is 4.17. The summed E-state index contributed by atoms with van der Waals surface area (Å²) in [6, 6.07) is 3.54. The maximum Gasteiger partial charge on any atom is 0.213 e. The number of ether oxygens (including phenoxy) is 1. The van der Waals surface area contributed by atoms with Crippen LogP contribution in [-0.4, -0.2) is 45.0 Å². The highest BCUT2D eigenvalue weighted by atomic mass is 16.5. The van der Waals surface area contributed by atoms with Gasteiger partial charge in [-0.25, -0.2) is 4.98 Å². The second-order valence-corrected chi connectivity index (χ2v) is 3.08. The molecule has 0 amide bonds. The molecule has 1 rings (SSSR count). The molecule has 0 bridgehead atoms. The lowest BCUT2D eigenvalue weighted by molar-refractivity contribution is 0.254. The Hall–Kier alpha value is -1.03. The highest BCUT2D eigenvalue weighted by molar-refractivity contribution is 6.32. The van der Waals surface area contributed by atoms with E-state index in [0.717, 1.165) is 6.54 Å². The van der Waals surface area contributed by atoms with E-state index in [4.69, 9.17) is 12.6 Å². The smallest absolute Gasteiger partial charge is 0.213 e. The van der Waals surface area contributed by atoms with Crippen molar-refractivity contribution in [2.24, 2.45) is 0 Å². The normalized spacial score (nSPS) is 10.4. The van der Waals surface area contributed by atoms with E-state index in [9.17, 15) is 0 Å². The fraction of sp³-hybridized carbons (Fsp3) is 0.444. The average molecular weight is 176 g/mol.